The number of nitrogen functional groups attached to an aromatic ring is 1. The van der Waals surface area contributed by atoms with Gasteiger partial charge in [-0.3, -0.25) is 0 Å². The fourth-order valence-electron chi connectivity index (χ4n) is 1.93. The van der Waals surface area contributed by atoms with Crippen LogP contribution in [0.2, 0.25) is 0 Å². The summed E-state index contributed by atoms with van der Waals surface area (Å²) < 4.78 is 5.43. The number of ether oxygens (including phenoxy) is 1. The summed E-state index contributed by atoms with van der Waals surface area (Å²) in [5.74, 6) is -0.347. The van der Waals surface area contributed by atoms with Crippen molar-refractivity contribution in [3.8, 4) is 5.75 Å². The van der Waals surface area contributed by atoms with E-state index in [2.05, 4.69) is 5.32 Å². The Hall–Kier alpha value is -2.73. The number of hydrogen-bond acceptors (Lipinski definition) is 5. The van der Waals surface area contributed by atoms with Crippen molar-refractivity contribution in [2.24, 2.45) is 0 Å². The lowest BCUT2D eigenvalue weighted by Crippen LogP contribution is -2.07. The van der Waals surface area contributed by atoms with E-state index in [0.717, 1.165) is 11.3 Å². The van der Waals surface area contributed by atoms with E-state index in [4.69, 9.17) is 20.7 Å². The van der Waals surface area contributed by atoms with E-state index in [9.17, 15) is 4.79 Å². The molecule has 5 N–H and O–H groups in total. The van der Waals surface area contributed by atoms with Crippen molar-refractivity contribution in [3.05, 3.63) is 53.6 Å². The van der Waals surface area contributed by atoms with Crippen LogP contribution in [0.25, 0.3) is 0 Å². The van der Waals surface area contributed by atoms with E-state index in [1.807, 2.05) is 0 Å². The summed E-state index contributed by atoms with van der Waals surface area (Å²) >= 11 is 0. The molecule has 0 saturated carbocycles. The molecule has 0 aliphatic carbocycles. The van der Waals surface area contributed by atoms with Gasteiger partial charge in [0, 0.05) is 12.2 Å². The molecule has 2 aromatic carbocycles. The van der Waals surface area contributed by atoms with Gasteiger partial charge in [-0.05, 0) is 35.9 Å². The van der Waals surface area contributed by atoms with E-state index in [0.29, 0.717) is 18.0 Å². The Bertz CT molecular complexity index is 641. The molecule has 116 valence electrons. The van der Waals surface area contributed by atoms with Crippen molar-refractivity contribution < 1.29 is 19.7 Å². The highest BCUT2D eigenvalue weighted by atomic mass is 16.5. The Kier molecular flexibility index (Phi) is 5.21. The maximum absolute atomic E-state index is 10.8. The summed E-state index contributed by atoms with van der Waals surface area (Å²) in [5.41, 5.74) is 8.26. The average Bonchev–Trinajstić information content (AvgIpc) is 2.52. The molecule has 22 heavy (non-hydrogen) atoms. The monoisotopic (exact) mass is 302 g/mol. The Morgan fingerprint density at radius 3 is 2.55 bits per heavy atom. The molecule has 0 fully saturated rings. The van der Waals surface area contributed by atoms with Crippen LogP contribution in [0, 0.1) is 0 Å². The Labute approximate surface area is 128 Å². The van der Waals surface area contributed by atoms with Crippen LogP contribution in [0.4, 0.5) is 11.4 Å². The van der Waals surface area contributed by atoms with Gasteiger partial charge in [0.2, 0.25) is 0 Å². The van der Waals surface area contributed by atoms with Crippen LogP contribution < -0.4 is 15.8 Å². The third kappa shape index (κ3) is 4.13. The first-order valence-corrected chi connectivity index (χ1v) is 6.79. The van der Waals surface area contributed by atoms with Gasteiger partial charge >= 0.3 is 5.97 Å². The van der Waals surface area contributed by atoms with E-state index in [1.54, 1.807) is 42.5 Å². The van der Waals surface area contributed by atoms with E-state index in [1.165, 1.54) is 0 Å². The van der Waals surface area contributed by atoms with Crippen LogP contribution in [-0.4, -0.2) is 29.4 Å². The van der Waals surface area contributed by atoms with Crippen molar-refractivity contribution in [1.82, 2.24) is 0 Å². The van der Waals surface area contributed by atoms with Gasteiger partial charge in [0.1, 0.15) is 12.4 Å². The minimum atomic E-state index is -0.949. The second kappa shape index (κ2) is 7.33. The number of carboxylic acid groups (broad SMARTS) is 1. The second-order valence-electron chi connectivity index (χ2n) is 4.68. The van der Waals surface area contributed by atoms with Crippen molar-refractivity contribution in [2.75, 3.05) is 24.3 Å². The lowest BCUT2D eigenvalue weighted by atomic mass is 10.1. The Balaban J connectivity index is 2.06. The summed E-state index contributed by atoms with van der Waals surface area (Å²) in [6.07, 6.45) is 0. The maximum atomic E-state index is 10.8. The Morgan fingerprint density at radius 1 is 1.18 bits per heavy atom. The summed E-state index contributed by atoms with van der Waals surface area (Å²) in [6, 6.07) is 11.8. The van der Waals surface area contributed by atoms with Gasteiger partial charge < -0.3 is 26.0 Å². The van der Waals surface area contributed by atoms with Crippen LogP contribution in [0.15, 0.2) is 42.5 Å². The highest BCUT2D eigenvalue weighted by molar-refractivity contribution is 5.87. The molecule has 2 rings (SSSR count). The molecule has 6 nitrogen and oxygen atoms in total. The van der Waals surface area contributed by atoms with Gasteiger partial charge in [0.15, 0.2) is 0 Å². The second-order valence-corrected chi connectivity index (χ2v) is 4.68. The minimum absolute atomic E-state index is 0.0690. The molecule has 6 heteroatoms. The van der Waals surface area contributed by atoms with Gasteiger partial charge in [-0.1, -0.05) is 12.1 Å². The molecule has 0 spiro atoms. The Morgan fingerprint density at radius 2 is 1.91 bits per heavy atom. The van der Waals surface area contributed by atoms with E-state index < -0.39 is 5.97 Å². The fraction of sp³-hybridized carbons (Fsp3) is 0.188. The van der Waals surface area contributed by atoms with Crippen LogP contribution in [0.1, 0.15) is 15.9 Å². The van der Waals surface area contributed by atoms with Gasteiger partial charge in [-0.15, -0.1) is 0 Å². The molecule has 0 heterocycles. The lowest BCUT2D eigenvalue weighted by Gasteiger charge is -2.13. The van der Waals surface area contributed by atoms with Gasteiger partial charge in [0.25, 0.3) is 0 Å². The number of hydrogen-bond donors (Lipinski definition) is 4. The number of aliphatic hydroxyl groups is 1. The highest BCUT2D eigenvalue weighted by Gasteiger charge is 2.05. The van der Waals surface area contributed by atoms with Gasteiger partial charge in [-0.25, -0.2) is 4.79 Å². The summed E-state index contributed by atoms with van der Waals surface area (Å²) in [4.78, 5) is 10.8. The van der Waals surface area contributed by atoms with Crippen LogP contribution in [0.5, 0.6) is 5.75 Å². The molecule has 0 aliphatic rings. The third-order valence-electron chi connectivity index (χ3n) is 3.04. The molecular weight excluding hydrogens is 284 g/mol. The summed E-state index contributed by atoms with van der Waals surface area (Å²) in [5, 5.41) is 20.9. The molecule has 0 atom stereocenters. The fourth-order valence-corrected chi connectivity index (χ4v) is 1.93. The standard InChI is InChI=1S/C16H18N2O4/c17-13-5-6-15(22-8-7-19)14(9-13)18-10-11-1-3-12(4-2-11)16(20)21/h1-6,9,18-19H,7-8,10,17H2,(H,20,21). The van der Waals surface area contributed by atoms with Crippen LogP contribution in [0.3, 0.4) is 0 Å². The van der Waals surface area contributed by atoms with Crippen molar-refractivity contribution >= 4 is 17.3 Å². The molecule has 0 aliphatic heterocycles. The number of rotatable bonds is 7. The smallest absolute Gasteiger partial charge is 0.335 e. The zero-order valence-corrected chi connectivity index (χ0v) is 12.0. The van der Waals surface area contributed by atoms with Crippen molar-refractivity contribution in [3.63, 3.8) is 0 Å². The first-order valence-electron chi connectivity index (χ1n) is 6.79. The molecule has 0 amide bonds. The number of aromatic carboxylic acids is 1. The normalized spacial score (nSPS) is 10.2. The molecule has 0 unspecified atom stereocenters. The maximum Gasteiger partial charge on any atom is 0.335 e. The minimum Gasteiger partial charge on any atom is -0.489 e. The average molecular weight is 302 g/mol. The molecule has 0 bridgehead atoms. The van der Waals surface area contributed by atoms with Crippen molar-refractivity contribution in [2.45, 2.75) is 6.54 Å². The molecule has 0 radical (unpaired) electrons. The third-order valence-corrected chi connectivity index (χ3v) is 3.04. The predicted molar refractivity (Wildman–Crippen MR) is 84.2 cm³/mol. The van der Waals surface area contributed by atoms with Crippen LogP contribution in [-0.2, 0) is 6.54 Å². The topological polar surface area (TPSA) is 105 Å². The van der Waals surface area contributed by atoms with Gasteiger partial charge in [-0.2, -0.15) is 0 Å². The zero-order chi connectivity index (χ0) is 15.9. The van der Waals surface area contributed by atoms with Crippen molar-refractivity contribution in [1.29, 1.82) is 0 Å². The number of carbonyl (C=O) groups is 1. The first-order chi connectivity index (χ1) is 10.6. The number of anilines is 2. The summed E-state index contributed by atoms with van der Waals surface area (Å²) in [7, 11) is 0. The number of carboxylic acids is 1. The summed E-state index contributed by atoms with van der Waals surface area (Å²) in [6.45, 7) is 0.630. The first kappa shape index (κ1) is 15.7. The van der Waals surface area contributed by atoms with E-state index in [-0.39, 0.29) is 18.8 Å². The lowest BCUT2D eigenvalue weighted by molar-refractivity contribution is 0.0697. The predicted octanol–water partition coefficient (Wildman–Crippen LogP) is 1.95. The number of nitrogens with one attached hydrogen (secondary N) is 1. The number of aliphatic hydroxyl groups excluding tert-OH is 1. The molecular formula is C16H18N2O4. The number of benzene rings is 2. The molecule has 2 aromatic rings. The quantitative estimate of drug-likeness (QED) is 0.583. The van der Waals surface area contributed by atoms with E-state index >= 15 is 0 Å². The van der Waals surface area contributed by atoms with Crippen LogP contribution >= 0.6 is 0 Å². The molecule has 0 aromatic heterocycles. The zero-order valence-electron chi connectivity index (χ0n) is 12.0. The largest absolute Gasteiger partial charge is 0.489 e. The molecule has 0 saturated heterocycles. The number of nitrogens with two attached hydrogens (primary N) is 1. The highest BCUT2D eigenvalue weighted by Crippen LogP contribution is 2.27. The van der Waals surface area contributed by atoms with Gasteiger partial charge in [0.05, 0.1) is 17.9 Å². The SMILES string of the molecule is Nc1ccc(OCCO)c(NCc2ccc(C(=O)O)cc2)c1.